The topological polar surface area (TPSA) is 52.7 Å². The Morgan fingerprint density at radius 3 is 2.21 bits per heavy atom. The maximum atomic E-state index is 12.7. The molecule has 2 aromatic rings. The molecule has 5 nitrogen and oxygen atoms in total. The molecule has 210 valence electrons. The summed E-state index contributed by atoms with van der Waals surface area (Å²) in [6, 6.07) is 17.0. The van der Waals surface area contributed by atoms with Crippen LogP contribution in [-0.4, -0.2) is 57.8 Å². The summed E-state index contributed by atoms with van der Waals surface area (Å²) in [4.78, 5) is 5.64. The molecule has 0 amide bonds. The average Bonchev–Trinajstić information content (AvgIpc) is 3.45. The Morgan fingerprint density at radius 1 is 0.821 bits per heavy atom. The van der Waals surface area contributed by atoms with Crippen molar-refractivity contribution in [2.24, 2.45) is 17.8 Å². The Balaban J connectivity index is 0.951. The highest BCUT2D eigenvalue weighted by molar-refractivity contribution is 7.92. The van der Waals surface area contributed by atoms with Gasteiger partial charge < -0.3 is 15.1 Å². The van der Waals surface area contributed by atoms with Crippen LogP contribution in [0.4, 0.5) is 5.69 Å². The van der Waals surface area contributed by atoms with E-state index in [1.165, 1.54) is 64.6 Å². The molecule has 7 rings (SSSR count). The molecule has 6 heteroatoms. The summed E-state index contributed by atoms with van der Waals surface area (Å²) >= 11 is 0. The highest BCUT2D eigenvalue weighted by Gasteiger charge is 2.50. The first-order valence-electron chi connectivity index (χ1n) is 15.7. The van der Waals surface area contributed by atoms with Gasteiger partial charge in [0, 0.05) is 43.3 Å². The second-order valence-electron chi connectivity index (χ2n) is 13.1. The molecule has 1 unspecified atom stereocenters. The molecule has 0 radical (unpaired) electrons. The van der Waals surface area contributed by atoms with Crippen molar-refractivity contribution in [3.05, 3.63) is 59.7 Å². The van der Waals surface area contributed by atoms with E-state index in [1.807, 2.05) is 24.3 Å². The summed E-state index contributed by atoms with van der Waals surface area (Å²) in [5.41, 5.74) is 4.57. The van der Waals surface area contributed by atoms with Crippen LogP contribution in [-0.2, 0) is 21.8 Å². The summed E-state index contributed by atoms with van der Waals surface area (Å²) in [5, 5.41) is 4.01. The van der Waals surface area contributed by atoms with Crippen LogP contribution >= 0.6 is 0 Å². The molecular weight excluding hydrogens is 502 g/mol. The Morgan fingerprint density at radius 2 is 1.51 bits per heavy atom. The minimum absolute atomic E-state index is 0.155. The van der Waals surface area contributed by atoms with Crippen molar-refractivity contribution in [2.75, 3.05) is 44.2 Å². The first-order valence-corrected chi connectivity index (χ1v) is 17.2. The van der Waals surface area contributed by atoms with Crippen LogP contribution in [0.2, 0.25) is 0 Å². The van der Waals surface area contributed by atoms with Crippen LogP contribution in [0.15, 0.2) is 53.4 Å². The normalized spacial score (nSPS) is 27.7. The number of anilines is 1. The maximum absolute atomic E-state index is 12.7. The first kappa shape index (κ1) is 26.0. The molecule has 0 spiro atoms. The fourth-order valence-corrected chi connectivity index (χ4v) is 10.5. The molecular formula is C33H45N3O2S. The molecule has 39 heavy (non-hydrogen) atoms. The van der Waals surface area contributed by atoms with Crippen LogP contribution in [0, 0.1) is 17.8 Å². The Kier molecular flexibility index (Phi) is 7.01. The van der Waals surface area contributed by atoms with Crippen molar-refractivity contribution in [1.29, 1.82) is 0 Å². The van der Waals surface area contributed by atoms with E-state index in [9.17, 15) is 8.42 Å². The lowest BCUT2D eigenvalue weighted by molar-refractivity contribution is 0.0492. The van der Waals surface area contributed by atoms with Gasteiger partial charge >= 0.3 is 0 Å². The molecule has 2 saturated heterocycles. The van der Waals surface area contributed by atoms with Gasteiger partial charge in [-0.3, -0.25) is 0 Å². The Labute approximate surface area is 235 Å². The Bertz CT molecular complexity index is 1250. The molecule has 3 heterocycles. The van der Waals surface area contributed by atoms with Crippen LogP contribution < -0.4 is 10.2 Å². The Hall–Kier alpha value is -1.89. The van der Waals surface area contributed by atoms with E-state index in [4.69, 9.17) is 0 Å². The standard InChI is InChI=1S/C33H45N3O2S/c37-39(38,30-9-5-10-30)31-14-12-29(13-15-31)36-23-25(24-36)22-35-20-17-28(18-21-35)33(27-7-2-3-8-27)32-11-4-1-6-26(32)16-19-34-33/h1,4,6,11-15,25,27-28,30,34H,2-3,5,7-10,16-24H2. The largest absolute Gasteiger partial charge is 0.371 e. The molecule has 3 aliphatic heterocycles. The van der Waals surface area contributed by atoms with Gasteiger partial charge in [0.15, 0.2) is 9.84 Å². The number of hydrogen-bond donors (Lipinski definition) is 1. The summed E-state index contributed by atoms with van der Waals surface area (Å²) in [5.74, 6) is 2.22. The van der Waals surface area contributed by atoms with E-state index in [1.54, 1.807) is 11.1 Å². The number of nitrogens with one attached hydrogen (secondary N) is 1. The molecule has 1 N–H and O–H groups in total. The molecule has 4 fully saturated rings. The van der Waals surface area contributed by atoms with Gasteiger partial charge in [0.25, 0.3) is 0 Å². The van der Waals surface area contributed by atoms with Gasteiger partial charge in [0.2, 0.25) is 0 Å². The van der Waals surface area contributed by atoms with Crippen molar-refractivity contribution >= 4 is 15.5 Å². The lowest BCUT2D eigenvalue weighted by Gasteiger charge is -2.53. The molecule has 0 bridgehead atoms. The van der Waals surface area contributed by atoms with Crippen molar-refractivity contribution in [3.8, 4) is 0 Å². The fraction of sp³-hybridized carbons (Fsp3) is 0.636. The first-order chi connectivity index (χ1) is 19.0. The monoisotopic (exact) mass is 547 g/mol. The molecule has 1 atom stereocenters. The van der Waals surface area contributed by atoms with Crippen LogP contribution in [0.5, 0.6) is 0 Å². The summed E-state index contributed by atoms with van der Waals surface area (Å²) < 4.78 is 25.4. The number of hydrogen-bond acceptors (Lipinski definition) is 5. The van der Waals surface area contributed by atoms with E-state index >= 15 is 0 Å². The summed E-state index contributed by atoms with van der Waals surface area (Å²) in [7, 11) is -3.13. The van der Waals surface area contributed by atoms with Crippen LogP contribution in [0.25, 0.3) is 0 Å². The van der Waals surface area contributed by atoms with Crippen LogP contribution in [0.1, 0.15) is 68.9 Å². The van der Waals surface area contributed by atoms with Gasteiger partial charge in [-0.15, -0.1) is 0 Å². The number of fused-ring (bicyclic) bond motifs is 1. The number of nitrogens with zero attached hydrogens (tertiary/aromatic N) is 2. The average molecular weight is 548 g/mol. The molecule has 2 saturated carbocycles. The summed E-state index contributed by atoms with van der Waals surface area (Å²) in [6.45, 7) is 6.91. The van der Waals surface area contributed by atoms with Gasteiger partial charge in [-0.25, -0.2) is 8.42 Å². The second kappa shape index (κ2) is 10.5. The third-order valence-electron chi connectivity index (χ3n) is 11.0. The number of piperidine rings is 1. The third-order valence-corrected chi connectivity index (χ3v) is 13.3. The van der Waals surface area contributed by atoms with Gasteiger partial charge in [0.1, 0.15) is 0 Å². The molecule has 0 aromatic heterocycles. The lowest BCUT2D eigenvalue weighted by Crippen LogP contribution is -2.59. The second-order valence-corrected chi connectivity index (χ2v) is 15.4. The number of sulfone groups is 1. The van der Waals surface area contributed by atoms with E-state index < -0.39 is 9.84 Å². The highest BCUT2D eigenvalue weighted by Crippen LogP contribution is 2.50. The molecule has 2 aliphatic carbocycles. The van der Waals surface area contributed by atoms with Gasteiger partial charge in [0.05, 0.1) is 10.1 Å². The van der Waals surface area contributed by atoms with Crippen molar-refractivity contribution in [2.45, 2.75) is 79.9 Å². The quantitative estimate of drug-likeness (QED) is 0.504. The third kappa shape index (κ3) is 4.64. The van der Waals surface area contributed by atoms with Gasteiger partial charge in [-0.05, 0) is 105 Å². The van der Waals surface area contributed by atoms with Crippen molar-refractivity contribution < 1.29 is 8.42 Å². The van der Waals surface area contributed by atoms with Crippen molar-refractivity contribution in [3.63, 3.8) is 0 Å². The number of likely N-dealkylation sites (tertiary alicyclic amines) is 1. The zero-order valence-corrected chi connectivity index (χ0v) is 24.2. The van der Waals surface area contributed by atoms with Crippen LogP contribution in [0.3, 0.4) is 0 Å². The zero-order chi connectivity index (χ0) is 26.5. The minimum Gasteiger partial charge on any atom is -0.371 e. The SMILES string of the molecule is O=S(=O)(c1ccc(N2CC(CN3CCC(C4(C5CCCC5)NCCc5ccccc54)CC3)C2)cc1)C1CCC1. The van der Waals surface area contributed by atoms with E-state index in [2.05, 4.69) is 39.4 Å². The highest BCUT2D eigenvalue weighted by atomic mass is 32.2. The summed E-state index contributed by atoms with van der Waals surface area (Å²) in [6.07, 6.45) is 12.0. The maximum Gasteiger partial charge on any atom is 0.181 e. The predicted molar refractivity (Wildman–Crippen MR) is 158 cm³/mol. The molecule has 5 aliphatic rings. The fourth-order valence-electron chi connectivity index (χ4n) is 8.64. The zero-order valence-electron chi connectivity index (χ0n) is 23.4. The smallest absolute Gasteiger partial charge is 0.181 e. The number of rotatable bonds is 7. The van der Waals surface area contributed by atoms with E-state index in [-0.39, 0.29) is 10.8 Å². The van der Waals surface area contributed by atoms with E-state index in [0.29, 0.717) is 10.8 Å². The minimum atomic E-state index is -3.13. The lowest BCUT2D eigenvalue weighted by atomic mass is 9.63. The predicted octanol–water partition coefficient (Wildman–Crippen LogP) is 5.39. The molecule has 2 aromatic carbocycles. The number of benzene rings is 2. The van der Waals surface area contributed by atoms with Gasteiger partial charge in [-0.1, -0.05) is 43.5 Å². The van der Waals surface area contributed by atoms with Gasteiger partial charge in [-0.2, -0.15) is 0 Å². The van der Waals surface area contributed by atoms with Crippen molar-refractivity contribution in [1.82, 2.24) is 10.2 Å². The van der Waals surface area contributed by atoms with E-state index in [0.717, 1.165) is 56.4 Å².